The first-order valence-electron chi connectivity index (χ1n) is 12.9. The van der Waals surface area contributed by atoms with E-state index in [1.807, 2.05) is 21.6 Å². The summed E-state index contributed by atoms with van der Waals surface area (Å²) in [5.74, 6) is 0.159. The monoisotopic (exact) mass is 566 g/mol. The summed E-state index contributed by atoms with van der Waals surface area (Å²) in [4.78, 5) is 35.0. The van der Waals surface area contributed by atoms with Gasteiger partial charge in [-0.2, -0.15) is 0 Å². The second kappa shape index (κ2) is 10.5. The lowest BCUT2D eigenvalue weighted by Crippen LogP contribution is -2.47. The van der Waals surface area contributed by atoms with E-state index < -0.39 is 0 Å². The summed E-state index contributed by atoms with van der Waals surface area (Å²) in [7, 11) is 0. The molecule has 1 fully saturated rings. The molecule has 2 aliphatic rings. The van der Waals surface area contributed by atoms with Crippen LogP contribution in [-0.2, 0) is 24.2 Å². The first-order valence-corrected chi connectivity index (χ1v) is 14.5. The van der Waals surface area contributed by atoms with E-state index in [1.165, 1.54) is 28.0 Å². The lowest BCUT2D eigenvalue weighted by molar-refractivity contribution is -0.130. The van der Waals surface area contributed by atoms with Crippen molar-refractivity contribution in [3.05, 3.63) is 85.9 Å². The average molecular weight is 568 g/mol. The molecule has 3 heterocycles. The maximum Gasteiger partial charge on any atom is 0.271 e. The molecule has 1 amide bonds. The van der Waals surface area contributed by atoms with Crippen LogP contribution in [0.3, 0.4) is 0 Å². The number of rotatable bonds is 4. The summed E-state index contributed by atoms with van der Waals surface area (Å²) >= 11 is 13.9. The van der Waals surface area contributed by atoms with Crippen LogP contribution in [0, 0.1) is 0 Å². The van der Waals surface area contributed by atoms with E-state index in [4.69, 9.17) is 23.2 Å². The zero-order valence-electron chi connectivity index (χ0n) is 21.1. The van der Waals surface area contributed by atoms with Gasteiger partial charge in [-0.1, -0.05) is 47.5 Å². The number of amides is 1. The van der Waals surface area contributed by atoms with Crippen molar-refractivity contribution in [3.8, 4) is 10.4 Å². The fourth-order valence-electron chi connectivity index (χ4n) is 5.61. The Kier molecular flexibility index (Phi) is 7.03. The number of thiophene rings is 1. The minimum atomic E-state index is 0.00566. The molecule has 0 radical (unpaired) electrons. The molecular weight excluding hydrogens is 539 g/mol. The van der Waals surface area contributed by atoms with E-state index in [9.17, 15) is 9.59 Å². The van der Waals surface area contributed by atoms with Crippen LogP contribution < -0.4 is 5.56 Å². The third-order valence-corrected chi connectivity index (χ3v) is 9.44. The highest BCUT2D eigenvalue weighted by Gasteiger charge is 2.24. The van der Waals surface area contributed by atoms with Crippen LogP contribution in [0.25, 0.3) is 20.7 Å². The number of halogens is 2. The second-order valence-corrected chi connectivity index (χ2v) is 12.1. The number of fused-ring (bicyclic) bond motifs is 2. The predicted molar refractivity (Wildman–Crippen MR) is 154 cm³/mol. The van der Waals surface area contributed by atoms with E-state index in [2.05, 4.69) is 28.1 Å². The number of hydrogen-bond acceptors (Lipinski definition) is 5. The van der Waals surface area contributed by atoms with Gasteiger partial charge in [-0.3, -0.25) is 19.1 Å². The number of nitrogens with zero attached hydrogens (tertiary/aromatic N) is 4. The summed E-state index contributed by atoms with van der Waals surface area (Å²) in [6.45, 7) is 5.96. The van der Waals surface area contributed by atoms with Gasteiger partial charge in [0, 0.05) is 61.2 Å². The Morgan fingerprint density at radius 3 is 2.63 bits per heavy atom. The average Bonchev–Trinajstić information content (AvgIpc) is 3.34. The molecule has 4 aromatic rings. The molecule has 9 heteroatoms. The molecule has 0 unspecified atom stereocenters. The number of aryl methyl sites for hydroxylation is 1. The fourth-order valence-corrected chi connectivity index (χ4v) is 7.26. The third kappa shape index (κ3) is 5.00. The Balaban J connectivity index is 1.19. The number of hydrogen-bond donors (Lipinski definition) is 0. The van der Waals surface area contributed by atoms with E-state index >= 15 is 0 Å². The first-order chi connectivity index (χ1) is 18.4. The van der Waals surface area contributed by atoms with Crippen molar-refractivity contribution in [2.45, 2.75) is 38.8 Å². The van der Waals surface area contributed by atoms with Crippen LogP contribution in [-0.4, -0.2) is 51.4 Å². The van der Waals surface area contributed by atoms with E-state index in [0.29, 0.717) is 20.3 Å². The maximum absolute atomic E-state index is 13.5. The topological polar surface area (TPSA) is 58.4 Å². The molecule has 0 N–H and O–H groups in total. The number of piperazine rings is 1. The van der Waals surface area contributed by atoms with Crippen molar-refractivity contribution in [3.63, 3.8) is 0 Å². The predicted octanol–water partition coefficient (Wildman–Crippen LogP) is 5.83. The van der Waals surface area contributed by atoms with Gasteiger partial charge in [0.05, 0.1) is 16.9 Å². The van der Waals surface area contributed by atoms with Crippen molar-refractivity contribution in [2.75, 3.05) is 26.2 Å². The fraction of sp³-hybridized carbons (Fsp3) is 0.345. The Morgan fingerprint density at radius 1 is 1.05 bits per heavy atom. The standard InChI is InChI=1S/C29H28Cl2N4O2S/c1-18(36)34-10-8-33(9-11-34)16-19-2-3-21-13-23(6-4-20(21)12-19)35-17-32-26-15-27(38-28(26)29(35)37)24-7-5-22(30)14-25(24)31/h2-3,5,7,12,14-15,17,23H,4,6,8-11,13,16H2,1H3/t23-/m0/s1. The van der Waals surface area contributed by atoms with Gasteiger partial charge in [0.25, 0.3) is 5.56 Å². The molecule has 2 aromatic carbocycles. The van der Waals surface area contributed by atoms with Crippen molar-refractivity contribution >= 4 is 50.7 Å². The molecule has 1 aliphatic carbocycles. The summed E-state index contributed by atoms with van der Waals surface area (Å²) < 4.78 is 2.47. The molecule has 6 rings (SSSR count). The lowest BCUT2D eigenvalue weighted by atomic mass is 9.87. The third-order valence-electron chi connectivity index (χ3n) is 7.75. The van der Waals surface area contributed by atoms with E-state index in [-0.39, 0.29) is 17.5 Å². The van der Waals surface area contributed by atoms with Crippen molar-refractivity contribution in [1.82, 2.24) is 19.4 Å². The lowest BCUT2D eigenvalue weighted by Gasteiger charge is -2.34. The second-order valence-electron chi connectivity index (χ2n) is 10.2. The number of aromatic nitrogens is 2. The highest BCUT2D eigenvalue weighted by molar-refractivity contribution is 7.22. The van der Waals surface area contributed by atoms with E-state index in [1.54, 1.807) is 25.4 Å². The molecule has 0 bridgehead atoms. The van der Waals surface area contributed by atoms with Crippen molar-refractivity contribution in [1.29, 1.82) is 0 Å². The quantitative estimate of drug-likeness (QED) is 0.312. The van der Waals surface area contributed by atoms with Crippen LogP contribution >= 0.6 is 34.5 Å². The largest absolute Gasteiger partial charge is 0.340 e. The van der Waals surface area contributed by atoms with Gasteiger partial charge in [0.2, 0.25) is 5.91 Å². The maximum atomic E-state index is 13.5. The Labute approximate surface area is 235 Å². The van der Waals surface area contributed by atoms with Crippen LogP contribution in [0.5, 0.6) is 0 Å². The summed E-state index contributed by atoms with van der Waals surface area (Å²) in [6.07, 6.45) is 4.37. The van der Waals surface area contributed by atoms with Crippen LogP contribution in [0.1, 0.15) is 36.1 Å². The smallest absolute Gasteiger partial charge is 0.271 e. The molecule has 2 aromatic heterocycles. The molecule has 196 valence electrons. The Bertz CT molecular complexity index is 1590. The molecule has 1 aliphatic heterocycles. The number of carbonyl (C=O) groups is 1. The zero-order chi connectivity index (χ0) is 26.4. The van der Waals surface area contributed by atoms with Gasteiger partial charge in [0.15, 0.2) is 0 Å². The summed E-state index contributed by atoms with van der Waals surface area (Å²) in [6, 6.07) is 14.2. The van der Waals surface area contributed by atoms with Crippen LogP contribution in [0.2, 0.25) is 10.0 Å². The van der Waals surface area contributed by atoms with Crippen LogP contribution in [0.4, 0.5) is 0 Å². The Hall–Kier alpha value is -2.71. The molecule has 0 saturated carbocycles. The summed E-state index contributed by atoms with van der Waals surface area (Å²) in [5.41, 5.74) is 5.55. The van der Waals surface area contributed by atoms with Crippen molar-refractivity contribution < 1.29 is 4.79 Å². The van der Waals surface area contributed by atoms with Gasteiger partial charge < -0.3 is 4.90 Å². The number of carbonyl (C=O) groups excluding carboxylic acids is 1. The summed E-state index contributed by atoms with van der Waals surface area (Å²) in [5, 5.41) is 1.14. The van der Waals surface area contributed by atoms with Crippen molar-refractivity contribution in [2.24, 2.45) is 0 Å². The SMILES string of the molecule is CC(=O)N1CCN(Cc2ccc3c(c2)CC[C@H](n2cnc4cc(-c5ccc(Cl)cc5Cl)sc4c2=O)C3)CC1. The Morgan fingerprint density at radius 2 is 1.87 bits per heavy atom. The van der Waals surface area contributed by atoms with Gasteiger partial charge in [0.1, 0.15) is 4.70 Å². The molecule has 38 heavy (non-hydrogen) atoms. The molecule has 0 spiro atoms. The van der Waals surface area contributed by atoms with Gasteiger partial charge >= 0.3 is 0 Å². The molecule has 6 nitrogen and oxygen atoms in total. The van der Waals surface area contributed by atoms with E-state index in [0.717, 1.165) is 62.4 Å². The minimum Gasteiger partial charge on any atom is -0.340 e. The molecule has 1 atom stereocenters. The molecular formula is C29H28Cl2N4O2S. The highest BCUT2D eigenvalue weighted by atomic mass is 35.5. The minimum absolute atomic E-state index is 0.00566. The zero-order valence-corrected chi connectivity index (χ0v) is 23.5. The normalized spacial score (nSPS) is 18.1. The van der Waals surface area contributed by atoms with Crippen LogP contribution in [0.15, 0.2) is 53.6 Å². The molecule has 1 saturated heterocycles. The first kappa shape index (κ1) is 25.6. The van der Waals surface area contributed by atoms with Gasteiger partial charge in [-0.15, -0.1) is 11.3 Å². The highest BCUT2D eigenvalue weighted by Crippen LogP contribution is 2.37. The van der Waals surface area contributed by atoms with Gasteiger partial charge in [-0.05, 0) is 54.2 Å². The number of benzene rings is 2. The van der Waals surface area contributed by atoms with Gasteiger partial charge in [-0.25, -0.2) is 4.98 Å².